The molecule has 5 heterocycles. The van der Waals surface area contributed by atoms with Crippen molar-refractivity contribution in [3.8, 4) is 0 Å². The van der Waals surface area contributed by atoms with E-state index in [2.05, 4.69) is 43.4 Å². The Morgan fingerprint density at radius 1 is 1.17 bits per heavy atom. The Morgan fingerprint density at radius 2 is 2.06 bits per heavy atom. The highest BCUT2D eigenvalue weighted by Gasteiger charge is 2.22. The number of pyridine rings is 1. The molecule has 1 fully saturated rings. The molecule has 2 aliphatic heterocycles. The van der Waals surface area contributed by atoms with E-state index in [1.807, 2.05) is 34.8 Å². The van der Waals surface area contributed by atoms with E-state index in [1.165, 1.54) is 5.57 Å². The molecule has 0 spiro atoms. The zero-order valence-corrected chi connectivity index (χ0v) is 20.9. The number of benzene rings is 1. The summed E-state index contributed by atoms with van der Waals surface area (Å²) in [6, 6.07) is 10.4. The quantitative estimate of drug-likeness (QED) is 0.362. The number of amides is 1. The summed E-state index contributed by atoms with van der Waals surface area (Å²) in [5.41, 5.74) is 8.03. The molecule has 8 nitrogen and oxygen atoms in total. The minimum atomic E-state index is -0.178. The van der Waals surface area contributed by atoms with E-state index in [4.69, 9.17) is 0 Å². The summed E-state index contributed by atoms with van der Waals surface area (Å²) >= 11 is 1.63. The van der Waals surface area contributed by atoms with E-state index in [-0.39, 0.29) is 12.0 Å². The number of nitrogens with one attached hydrogen (secondary N) is 2. The number of aromatic amines is 1. The molecule has 0 bridgehead atoms. The number of nitrogens with zero attached hydrogens (tertiary/aromatic N) is 4. The lowest BCUT2D eigenvalue weighted by molar-refractivity contribution is -0.131. The average molecular weight is 503 g/mol. The molecular weight excluding hydrogens is 472 g/mol. The highest BCUT2D eigenvalue weighted by atomic mass is 32.1. The van der Waals surface area contributed by atoms with E-state index in [1.54, 1.807) is 11.3 Å². The van der Waals surface area contributed by atoms with Gasteiger partial charge in [0.15, 0.2) is 0 Å². The van der Waals surface area contributed by atoms with Crippen LogP contribution in [0, 0.1) is 0 Å². The van der Waals surface area contributed by atoms with Gasteiger partial charge in [-0.1, -0.05) is 6.08 Å². The standard InChI is InChI=1S/C27H30N6O2S/c34-20-6-10-32(11-7-20)12-8-26(35)33-13-4-18(5-14-33)24-16-21-22(3-9-28-27(21)31-24)30-19-1-2-23-25(15-19)36-17-29-23/h1-4,9,15-17,20,34H,5-8,10-14H2,(H2,28,30,31). The minimum absolute atomic E-state index is 0.178. The van der Waals surface area contributed by atoms with E-state index >= 15 is 0 Å². The number of fused-ring (bicyclic) bond motifs is 2. The van der Waals surface area contributed by atoms with Gasteiger partial charge in [-0.3, -0.25) is 4.79 Å². The molecule has 1 saturated heterocycles. The van der Waals surface area contributed by atoms with Crippen LogP contribution in [0.1, 0.15) is 31.4 Å². The maximum Gasteiger partial charge on any atom is 0.224 e. The Morgan fingerprint density at radius 3 is 2.89 bits per heavy atom. The fraction of sp³-hybridized carbons (Fsp3) is 0.370. The third-order valence-electron chi connectivity index (χ3n) is 7.25. The lowest BCUT2D eigenvalue weighted by atomic mass is 10.0. The molecule has 0 saturated carbocycles. The summed E-state index contributed by atoms with van der Waals surface area (Å²) < 4.78 is 1.15. The van der Waals surface area contributed by atoms with Crippen LogP contribution in [0.4, 0.5) is 11.4 Å². The molecule has 4 aromatic rings. The van der Waals surface area contributed by atoms with Gasteiger partial charge in [-0.05, 0) is 55.2 Å². The van der Waals surface area contributed by atoms with Crippen molar-refractivity contribution in [1.29, 1.82) is 0 Å². The lowest BCUT2D eigenvalue weighted by Crippen LogP contribution is -2.40. The largest absolute Gasteiger partial charge is 0.393 e. The van der Waals surface area contributed by atoms with Crippen molar-refractivity contribution < 1.29 is 9.90 Å². The van der Waals surface area contributed by atoms with Crippen molar-refractivity contribution in [3.63, 3.8) is 0 Å². The number of hydrogen-bond donors (Lipinski definition) is 3. The van der Waals surface area contributed by atoms with Crippen LogP contribution in [0.5, 0.6) is 0 Å². The Balaban J connectivity index is 1.12. The lowest BCUT2D eigenvalue weighted by Gasteiger charge is -2.31. The molecule has 36 heavy (non-hydrogen) atoms. The summed E-state index contributed by atoms with van der Waals surface area (Å²) in [7, 11) is 0. The second-order valence-electron chi connectivity index (χ2n) is 9.61. The zero-order chi connectivity index (χ0) is 24.5. The number of H-pyrrole nitrogens is 1. The number of thiazole rings is 1. The third kappa shape index (κ3) is 4.86. The summed E-state index contributed by atoms with van der Waals surface area (Å²) in [6.07, 6.45) is 6.77. The van der Waals surface area contributed by atoms with Crippen molar-refractivity contribution in [1.82, 2.24) is 24.8 Å². The molecule has 186 valence electrons. The SMILES string of the molecule is O=C(CCN1CCC(O)CC1)N1CC=C(c2cc3c(Nc4ccc5ncsc5c4)ccnc3[nH]2)CC1. The van der Waals surface area contributed by atoms with Gasteiger partial charge in [-0.15, -0.1) is 11.3 Å². The van der Waals surface area contributed by atoms with Gasteiger partial charge < -0.3 is 25.2 Å². The third-order valence-corrected chi connectivity index (χ3v) is 8.04. The van der Waals surface area contributed by atoms with Gasteiger partial charge in [0.2, 0.25) is 5.91 Å². The Labute approximate surface area is 213 Å². The van der Waals surface area contributed by atoms with Crippen LogP contribution < -0.4 is 5.32 Å². The predicted octanol–water partition coefficient (Wildman–Crippen LogP) is 4.38. The second kappa shape index (κ2) is 10.0. The summed E-state index contributed by atoms with van der Waals surface area (Å²) in [5.74, 6) is 0.208. The topological polar surface area (TPSA) is 97.4 Å². The number of aliphatic hydroxyl groups is 1. The maximum absolute atomic E-state index is 12.8. The Bertz CT molecular complexity index is 1420. The molecule has 9 heteroatoms. The predicted molar refractivity (Wildman–Crippen MR) is 144 cm³/mol. The molecule has 0 atom stereocenters. The van der Waals surface area contributed by atoms with Gasteiger partial charge in [0, 0.05) is 62.1 Å². The Kier molecular flexibility index (Phi) is 6.43. The molecule has 1 amide bonds. The number of piperidine rings is 1. The molecule has 2 aliphatic rings. The van der Waals surface area contributed by atoms with E-state index in [0.717, 1.165) is 83.8 Å². The molecule has 0 unspecified atom stereocenters. The number of aromatic nitrogens is 3. The van der Waals surface area contributed by atoms with Crippen LogP contribution in [-0.4, -0.2) is 74.6 Å². The van der Waals surface area contributed by atoms with Crippen molar-refractivity contribution in [2.45, 2.75) is 31.8 Å². The first kappa shape index (κ1) is 23.1. The summed E-state index contributed by atoms with van der Waals surface area (Å²) in [4.78, 5) is 29.4. The fourth-order valence-corrected chi connectivity index (χ4v) is 5.81. The molecular formula is C27H30N6O2S. The van der Waals surface area contributed by atoms with Crippen LogP contribution >= 0.6 is 11.3 Å². The number of hydrogen-bond acceptors (Lipinski definition) is 7. The van der Waals surface area contributed by atoms with Gasteiger partial charge in [0.05, 0.1) is 27.5 Å². The minimum Gasteiger partial charge on any atom is -0.393 e. The van der Waals surface area contributed by atoms with Crippen molar-refractivity contribution in [3.05, 3.63) is 53.8 Å². The van der Waals surface area contributed by atoms with E-state index < -0.39 is 0 Å². The summed E-state index contributed by atoms with van der Waals surface area (Å²) in [6.45, 7) is 3.90. The number of aliphatic hydroxyl groups excluding tert-OH is 1. The van der Waals surface area contributed by atoms with Crippen molar-refractivity contribution in [2.24, 2.45) is 0 Å². The first-order chi connectivity index (χ1) is 17.6. The maximum atomic E-state index is 12.8. The molecule has 3 aromatic heterocycles. The van der Waals surface area contributed by atoms with E-state index in [0.29, 0.717) is 13.0 Å². The highest BCUT2D eigenvalue weighted by molar-refractivity contribution is 7.16. The first-order valence-electron chi connectivity index (χ1n) is 12.6. The van der Waals surface area contributed by atoms with Gasteiger partial charge in [-0.25, -0.2) is 9.97 Å². The van der Waals surface area contributed by atoms with Gasteiger partial charge in [0.1, 0.15) is 5.65 Å². The van der Waals surface area contributed by atoms with Gasteiger partial charge in [-0.2, -0.15) is 0 Å². The number of carbonyl (C=O) groups excluding carboxylic acids is 1. The molecule has 0 radical (unpaired) electrons. The number of likely N-dealkylation sites (tertiary alicyclic amines) is 1. The smallest absolute Gasteiger partial charge is 0.224 e. The Hall–Kier alpha value is -3.27. The average Bonchev–Trinajstić information content (AvgIpc) is 3.56. The molecule has 6 rings (SSSR count). The van der Waals surface area contributed by atoms with Gasteiger partial charge >= 0.3 is 0 Å². The van der Waals surface area contributed by atoms with Crippen LogP contribution in [0.15, 0.2) is 48.1 Å². The first-order valence-corrected chi connectivity index (χ1v) is 13.5. The number of rotatable bonds is 6. The van der Waals surface area contributed by atoms with Gasteiger partial charge in [0.25, 0.3) is 0 Å². The molecule has 0 aliphatic carbocycles. The number of anilines is 2. The summed E-state index contributed by atoms with van der Waals surface area (Å²) in [5, 5.41) is 14.2. The molecule has 3 N–H and O–H groups in total. The number of carbonyl (C=O) groups is 1. The monoisotopic (exact) mass is 502 g/mol. The highest BCUT2D eigenvalue weighted by Crippen LogP contribution is 2.31. The second-order valence-corrected chi connectivity index (χ2v) is 10.5. The van der Waals surface area contributed by atoms with Crippen LogP contribution in [0.3, 0.4) is 0 Å². The zero-order valence-electron chi connectivity index (χ0n) is 20.1. The van der Waals surface area contributed by atoms with Crippen molar-refractivity contribution >= 4 is 55.4 Å². The van der Waals surface area contributed by atoms with E-state index in [9.17, 15) is 9.90 Å². The van der Waals surface area contributed by atoms with Crippen molar-refractivity contribution in [2.75, 3.05) is 38.0 Å². The molecule has 1 aromatic carbocycles. The van der Waals surface area contributed by atoms with Crippen LogP contribution in [0.2, 0.25) is 0 Å². The van der Waals surface area contributed by atoms with Crippen LogP contribution in [-0.2, 0) is 4.79 Å². The van der Waals surface area contributed by atoms with Crippen LogP contribution in [0.25, 0.3) is 26.8 Å². The fourth-order valence-electron chi connectivity index (χ4n) is 5.09. The normalized spacial score (nSPS) is 17.6.